The first kappa shape index (κ1) is 15.2. The molecule has 0 aromatic heterocycles. The van der Waals surface area contributed by atoms with E-state index in [1.54, 1.807) is 32.4 Å². The maximum Gasteiger partial charge on any atom is 0.257 e. The number of likely N-dealkylation sites (tertiary alicyclic amines) is 1. The van der Waals surface area contributed by atoms with Gasteiger partial charge in [0.05, 0.1) is 19.8 Å². The summed E-state index contributed by atoms with van der Waals surface area (Å²) in [5.41, 5.74) is 0.586. The van der Waals surface area contributed by atoms with Crippen molar-refractivity contribution in [2.45, 2.75) is 18.2 Å². The molecule has 1 aliphatic heterocycles. The average molecular weight is 342 g/mol. The molecule has 1 aromatic rings. The van der Waals surface area contributed by atoms with Crippen LogP contribution in [0.15, 0.2) is 18.2 Å². The first-order chi connectivity index (χ1) is 9.56. The van der Waals surface area contributed by atoms with Gasteiger partial charge in [-0.1, -0.05) is 22.9 Å². The second-order valence-electron chi connectivity index (χ2n) is 5.10. The van der Waals surface area contributed by atoms with E-state index < -0.39 is 0 Å². The minimum absolute atomic E-state index is 0.0147. The Morgan fingerprint density at radius 2 is 2.10 bits per heavy atom. The number of amides is 1. The van der Waals surface area contributed by atoms with Crippen molar-refractivity contribution < 1.29 is 14.3 Å². The molecule has 1 amide bonds. The Morgan fingerprint density at radius 1 is 1.35 bits per heavy atom. The highest BCUT2D eigenvalue weighted by Gasteiger charge is 2.28. The van der Waals surface area contributed by atoms with E-state index in [1.807, 2.05) is 4.90 Å². The van der Waals surface area contributed by atoms with Crippen LogP contribution in [-0.4, -0.2) is 42.9 Å². The number of benzene rings is 1. The van der Waals surface area contributed by atoms with Crippen LogP contribution >= 0.6 is 15.9 Å². The predicted octanol–water partition coefficient (Wildman–Crippen LogP) is 2.95. The van der Waals surface area contributed by atoms with Crippen molar-refractivity contribution in [2.24, 2.45) is 5.92 Å². The van der Waals surface area contributed by atoms with Gasteiger partial charge >= 0.3 is 0 Å². The Morgan fingerprint density at radius 3 is 2.70 bits per heavy atom. The van der Waals surface area contributed by atoms with E-state index in [9.17, 15) is 4.79 Å². The Balaban J connectivity index is 2.20. The zero-order valence-electron chi connectivity index (χ0n) is 12.1. The number of carbonyl (C=O) groups excluding carboxylic acids is 1. The fourth-order valence-corrected chi connectivity index (χ4v) is 2.97. The number of nitrogens with zero attached hydrogens (tertiary/aromatic N) is 1. The van der Waals surface area contributed by atoms with E-state index >= 15 is 0 Å². The molecule has 4 nitrogen and oxygen atoms in total. The third kappa shape index (κ3) is 3.08. The molecule has 0 radical (unpaired) electrons. The molecule has 0 aliphatic carbocycles. The van der Waals surface area contributed by atoms with Crippen molar-refractivity contribution in [3.8, 4) is 11.5 Å². The summed E-state index contributed by atoms with van der Waals surface area (Å²) < 4.78 is 10.5. The van der Waals surface area contributed by atoms with E-state index in [0.29, 0.717) is 27.8 Å². The van der Waals surface area contributed by atoms with Gasteiger partial charge in [0.15, 0.2) is 0 Å². The smallest absolute Gasteiger partial charge is 0.257 e. The number of halogens is 1. The van der Waals surface area contributed by atoms with Crippen LogP contribution in [0.25, 0.3) is 0 Å². The largest absolute Gasteiger partial charge is 0.497 e. The number of carbonyl (C=O) groups is 1. The number of hydrogen-bond donors (Lipinski definition) is 0. The molecule has 2 rings (SSSR count). The molecular weight excluding hydrogens is 322 g/mol. The molecule has 0 N–H and O–H groups in total. The summed E-state index contributed by atoms with van der Waals surface area (Å²) in [6.45, 7) is 3.72. The van der Waals surface area contributed by atoms with Gasteiger partial charge in [0.1, 0.15) is 11.5 Å². The van der Waals surface area contributed by atoms with Gasteiger partial charge in [-0.2, -0.15) is 0 Å². The van der Waals surface area contributed by atoms with Crippen molar-refractivity contribution in [3.63, 3.8) is 0 Å². The lowest BCUT2D eigenvalue weighted by Gasteiger charge is -2.34. The maximum absolute atomic E-state index is 12.6. The highest BCUT2D eigenvalue weighted by atomic mass is 79.9. The summed E-state index contributed by atoms with van der Waals surface area (Å²) in [5, 5.41) is 0. The number of hydrogen-bond acceptors (Lipinski definition) is 3. The molecule has 0 bridgehead atoms. The number of rotatable bonds is 3. The monoisotopic (exact) mass is 341 g/mol. The van der Waals surface area contributed by atoms with Crippen LogP contribution in [0.2, 0.25) is 0 Å². The second-order valence-corrected chi connectivity index (χ2v) is 6.28. The summed E-state index contributed by atoms with van der Waals surface area (Å²) in [6, 6.07) is 5.29. The van der Waals surface area contributed by atoms with Gasteiger partial charge in [0.2, 0.25) is 0 Å². The summed E-state index contributed by atoms with van der Waals surface area (Å²) in [7, 11) is 3.16. The van der Waals surface area contributed by atoms with Crippen LogP contribution in [-0.2, 0) is 0 Å². The predicted molar refractivity (Wildman–Crippen MR) is 81.9 cm³/mol. The zero-order chi connectivity index (χ0) is 14.7. The molecule has 20 heavy (non-hydrogen) atoms. The minimum atomic E-state index is 0.0147. The molecule has 1 aliphatic rings. The van der Waals surface area contributed by atoms with Crippen molar-refractivity contribution >= 4 is 21.8 Å². The minimum Gasteiger partial charge on any atom is -0.497 e. The molecule has 110 valence electrons. The Bertz CT molecular complexity index is 492. The number of piperidine rings is 1. The lowest BCUT2D eigenvalue weighted by Crippen LogP contribution is -2.43. The van der Waals surface area contributed by atoms with Gasteiger partial charge in [-0.25, -0.2) is 0 Å². The molecule has 1 fully saturated rings. The second kappa shape index (κ2) is 6.48. The molecule has 1 heterocycles. The zero-order valence-corrected chi connectivity index (χ0v) is 13.6. The first-order valence-corrected chi connectivity index (χ1v) is 7.63. The molecule has 1 aromatic carbocycles. The van der Waals surface area contributed by atoms with Gasteiger partial charge < -0.3 is 14.4 Å². The summed E-state index contributed by atoms with van der Waals surface area (Å²) >= 11 is 3.65. The maximum atomic E-state index is 12.6. The average Bonchev–Trinajstić information content (AvgIpc) is 2.48. The first-order valence-electron chi connectivity index (χ1n) is 6.72. The lowest BCUT2D eigenvalue weighted by atomic mass is 9.98. The number of methoxy groups -OCH3 is 2. The fourth-order valence-electron chi connectivity index (χ4n) is 2.35. The van der Waals surface area contributed by atoms with E-state index in [4.69, 9.17) is 9.47 Å². The van der Waals surface area contributed by atoms with Crippen LogP contribution in [0.5, 0.6) is 11.5 Å². The quantitative estimate of drug-likeness (QED) is 0.793. The van der Waals surface area contributed by atoms with Crippen molar-refractivity contribution in [3.05, 3.63) is 23.8 Å². The number of ether oxygens (including phenoxy) is 2. The van der Waals surface area contributed by atoms with E-state index in [0.717, 1.165) is 19.5 Å². The van der Waals surface area contributed by atoms with Crippen LogP contribution in [0.3, 0.4) is 0 Å². The van der Waals surface area contributed by atoms with Gasteiger partial charge in [-0.3, -0.25) is 4.79 Å². The van der Waals surface area contributed by atoms with E-state index in [-0.39, 0.29) is 5.91 Å². The number of alkyl halides is 1. The summed E-state index contributed by atoms with van der Waals surface area (Å²) in [5.74, 6) is 1.85. The van der Waals surface area contributed by atoms with Crippen LogP contribution in [0.1, 0.15) is 23.7 Å². The van der Waals surface area contributed by atoms with Crippen molar-refractivity contribution in [1.29, 1.82) is 0 Å². The topological polar surface area (TPSA) is 38.8 Å². The summed E-state index contributed by atoms with van der Waals surface area (Å²) in [6.07, 6.45) is 1.01. The van der Waals surface area contributed by atoms with Gasteiger partial charge in [-0.15, -0.1) is 0 Å². The highest BCUT2D eigenvalue weighted by Crippen LogP contribution is 2.29. The van der Waals surface area contributed by atoms with E-state index in [2.05, 4.69) is 22.9 Å². The van der Waals surface area contributed by atoms with Crippen LogP contribution in [0.4, 0.5) is 0 Å². The SMILES string of the molecule is COc1ccc(C(=O)N2CCC(C)C(Br)C2)c(OC)c1. The Kier molecular flexibility index (Phi) is 4.91. The summed E-state index contributed by atoms with van der Waals surface area (Å²) in [4.78, 5) is 14.8. The molecule has 1 saturated heterocycles. The van der Waals surface area contributed by atoms with Gasteiger partial charge in [-0.05, 0) is 24.5 Å². The molecule has 0 saturated carbocycles. The molecule has 2 atom stereocenters. The molecule has 0 spiro atoms. The third-order valence-electron chi connectivity index (χ3n) is 3.79. The third-order valence-corrected chi connectivity index (χ3v) is 4.98. The van der Waals surface area contributed by atoms with Gasteiger partial charge in [0, 0.05) is 24.0 Å². The lowest BCUT2D eigenvalue weighted by molar-refractivity contribution is 0.0702. The van der Waals surface area contributed by atoms with Gasteiger partial charge in [0.25, 0.3) is 5.91 Å². The standard InChI is InChI=1S/C15H20BrNO3/c1-10-6-7-17(9-13(10)16)15(18)12-5-4-11(19-2)8-14(12)20-3/h4-5,8,10,13H,6-7,9H2,1-3H3. The van der Waals surface area contributed by atoms with Crippen molar-refractivity contribution in [1.82, 2.24) is 4.90 Å². The van der Waals surface area contributed by atoms with Crippen LogP contribution < -0.4 is 9.47 Å². The Labute approximate surface area is 128 Å². The molecular formula is C15H20BrNO3. The molecule has 2 unspecified atom stereocenters. The molecule has 5 heteroatoms. The van der Waals surface area contributed by atoms with E-state index in [1.165, 1.54) is 0 Å². The van der Waals surface area contributed by atoms with Crippen molar-refractivity contribution in [2.75, 3.05) is 27.3 Å². The van der Waals surface area contributed by atoms with Crippen LogP contribution in [0, 0.1) is 5.92 Å². The Hall–Kier alpha value is -1.23. The fraction of sp³-hybridized carbons (Fsp3) is 0.533. The normalized spacial score (nSPS) is 22.5. The highest BCUT2D eigenvalue weighted by molar-refractivity contribution is 9.09.